The second-order valence-electron chi connectivity index (χ2n) is 3.68. The molecule has 0 rings (SSSR count). The van der Waals surface area contributed by atoms with Gasteiger partial charge >= 0.3 is 5.97 Å². The highest BCUT2D eigenvalue weighted by molar-refractivity contribution is 5.79. The zero-order valence-corrected chi connectivity index (χ0v) is 10.3. The van der Waals surface area contributed by atoms with Crippen molar-refractivity contribution >= 4 is 12.0 Å². The maximum atomic E-state index is 11.3. The van der Waals surface area contributed by atoms with Crippen LogP contribution in [0, 0.1) is 23.0 Å². The van der Waals surface area contributed by atoms with Crippen molar-refractivity contribution in [1.29, 1.82) is 10.5 Å². The van der Waals surface area contributed by atoms with Gasteiger partial charge in [0.05, 0.1) is 0 Å². The number of rotatable bonds is 9. The Kier molecular flexibility index (Phi) is 7.36. The van der Waals surface area contributed by atoms with Crippen molar-refractivity contribution in [3.63, 3.8) is 0 Å². The minimum atomic E-state index is -1.90. The molecule has 0 heterocycles. The lowest BCUT2D eigenvalue weighted by Crippen LogP contribution is -2.49. The van der Waals surface area contributed by atoms with Crippen LogP contribution >= 0.6 is 0 Å². The van der Waals surface area contributed by atoms with Crippen LogP contribution in [0.25, 0.3) is 0 Å². The second-order valence-corrected chi connectivity index (χ2v) is 3.68. The molecule has 1 N–H and O–H groups in total. The smallest absolute Gasteiger partial charge is 0.351 e. The molecule has 102 valence electrons. The monoisotopic (exact) mass is 267 g/mol. The van der Waals surface area contributed by atoms with Gasteiger partial charge in [0.15, 0.2) is 0 Å². The Bertz CT molecular complexity index is 433. The molecule has 0 aromatic heterocycles. The zero-order valence-electron chi connectivity index (χ0n) is 10.3. The SMILES string of the molecule is CC(N=C=O)C(CCCCOC#N)(OC#N)C(=O)O. The van der Waals surface area contributed by atoms with Gasteiger partial charge < -0.3 is 14.6 Å². The van der Waals surface area contributed by atoms with E-state index in [1.165, 1.54) is 25.5 Å². The fraction of sp³-hybridized carbons (Fsp3) is 0.636. The molecule has 2 unspecified atom stereocenters. The topological polar surface area (TPSA) is 133 Å². The van der Waals surface area contributed by atoms with Crippen LogP contribution in [0.3, 0.4) is 0 Å². The Hall–Kier alpha value is -2.57. The first-order chi connectivity index (χ1) is 9.05. The van der Waals surface area contributed by atoms with Crippen LogP contribution in [0.4, 0.5) is 0 Å². The predicted octanol–water partition coefficient (Wildman–Crippen LogP) is 0.700. The van der Waals surface area contributed by atoms with Crippen molar-refractivity contribution in [2.24, 2.45) is 4.99 Å². The number of carbonyl (C=O) groups excluding carboxylic acids is 1. The fourth-order valence-electron chi connectivity index (χ4n) is 1.55. The largest absolute Gasteiger partial charge is 0.478 e. The van der Waals surface area contributed by atoms with E-state index in [1.54, 1.807) is 0 Å². The molecule has 0 saturated carbocycles. The van der Waals surface area contributed by atoms with E-state index in [0.717, 1.165) is 0 Å². The molecule has 19 heavy (non-hydrogen) atoms. The van der Waals surface area contributed by atoms with Gasteiger partial charge in [0.1, 0.15) is 12.6 Å². The van der Waals surface area contributed by atoms with Crippen LogP contribution in [0.2, 0.25) is 0 Å². The summed E-state index contributed by atoms with van der Waals surface area (Å²) in [4.78, 5) is 24.8. The summed E-state index contributed by atoms with van der Waals surface area (Å²) >= 11 is 0. The molecule has 0 saturated heterocycles. The molecule has 0 radical (unpaired) electrons. The molecule has 0 aromatic carbocycles. The van der Waals surface area contributed by atoms with Gasteiger partial charge in [-0.2, -0.15) is 15.5 Å². The average Bonchev–Trinajstić information content (AvgIpc) is 2.37. The number of nitriles is 2. The molecule has 0 aliphatic rings. The van der Waals surface area contributed by atoms with Crippen molar-refractivity contribution in [3.05, 3.63) is 0 Å². The number of aliphatic imine (C=N–C) groups is 1. The van der Waals surface area contributed by atoms with E-state index in [1.807, 2.05) is 0 Å². The lowest BCUT2D eigenvalue weighted by atomic mass is 9.89. The van der Waals surface area contributed by atoms with Gasteiger partial charge in [0, 0.05) is 6.42 Å². The molecular formula is C11H13N3O5. The van der Waals surface area contributed by atoms with E-state index >= 15 is 0 Å². The maximum Gasteiger partial charge on any atom is 0.351 e. The quantitative estimate of drug-likeness (QED) is 0.281. The van der Waals surface area contributed by atoms with Crippen LogP contribution in [0.1, 0.15) is 26.2 Å². The molecule has 0 amide bonds. The highest BCUT2D eigenvalue weighted by Gasteiger charge is 2.46. The normalized spacial score (nSPS) is 13.8. The summed E-state index contributed by atoms with van der Waals surface area (Å²) in [6.45, 7) is 1.49. The summed E-state index contributed by atoms with van der Waals surface area (Å²) < 4.78 is 9.08. The Balaban J connectivity index is 4.84. The van der Waals surface area contributed by atoms with Gasteiger partial charge in [-0.25, -0.2) is 9.59 Å². The zero-order chi connectivity index (χ0) is 14.7. The summed E-state index contributed by atoms with van der Waals surface area (Å²) in [6, 6.07) is -1.06. The molecule has 0 fully saturated rings. The Morgan fingerprint density at radius 2 is 2.11 bits per heavy atom. The standard InChI is InChI=1S/C11H13N3O5/c1-9(14-8-15)11(10(16)17,19-7-13)4-2-3-5-18-6-12/h9H,2-5H2,1H3,(H,16,17). The lowest BCUT2D eigenvalue weighted by molar-refractivity contribution is -0.161. The third kappa shape index (κ3) is 4.66. The first kappa shape index (κ1) is 16.4. The van der Waals surface area contributed by atoms with Crippen molar-refractivity contribution in [2.45, 2.75) is 37.8 Å². The van der Waals surface area contributed by atoms with Crippen LogP contribution < -0.4 is 0 Å². The van der Waals surface area contributed by atoms with Gasteiger partial charge in [-0.05, 0) is 19.8 Å². The van der Waals surface area contributed by atoms with E-state index < -0.39 is 17.6 Å². The third-order valence-corrected chi connectivity index (χ3v) is 2.62. The van der Waals surface area contributed by atoms with Gasteiger partial charge in [-0.1, -0.05) is 0 Å². The van der Waals surface area contributed by atoms with Crippen molar-refractivity contribution < 1.29 is 24.2 Å². The van der Waals surface area contributed by atoms with Crippen LogP contribution in [-0.2, 0) is 19.1 Å². The van der Waals surface area contributed by atoms with Crippen LogP contribution in [0.5, 0.6) is 0 Å². The first-order valence-corrected chi connectivity index (χ1v) is 5.43. The van der Waals surface area contributed by atoms with E-state index in [2.05, 4.69) is 14.5 Å². The van der Waals surface area contributed by atoms with Crippen molar-refractivity contribution in [3.8, 4) is 12.5 Å². The maximum absolute atomic E-state index is 11.3. The summed E-state index contributed by atoms with van der Waals surface area (Å²) in [7, 11) is 0. The number of nitrogens with zero attached hydrogens (tertiary/aromatic N) is 3. The van der Waals surface area contributed by atoms with Gasteiger partial charge in [0.2, 0.25) is 11.7 Å². The van der Waals surface area contributed by atoms with E-state index in [0.29, 0.717) is 12.8 Å². The first-order valence-electron chi connectivity index (χ1n) is 5.43. The molecule has 0 aliphatic carbocycles. The molecular weight excluding hydrogens is 254 g/mol. The fourth-order valence-corrected chi connectivity index (χ4v) is 1.55. The average molecular weight is 267 g/mol. The minimum Gasteiger partial charge on any atom is -0.478 e. The molecule has 2 atom stereocenters. The molecule has 0 bridgehead atoms. The number of carboxylic acids is 1. The molecule has 8 nitrogen and oxygen atoms in total. The number of ether oxygens (including phenoxy) is 2. The van der Waals surface area contributed by atoms with Gasteiger partial charge in [-0.3, -0.25) is 0 Å². The lowest BCUT2D eigenvalue weighted by Gasteiger charge is -2.28. The highest BCUT2D eigenvalue weighted by atomic mass is 16.5. The van der Waals surface area contributed by atoms with Gasteiger partial charge in [0.25, 0.3) is 12.5 Å². The summed E-state index contributed by atoms with van der Waals surface area (Å²) in [6.07, 6.45) is 4.76. The predicted molar refractivity (Wildman–Crippen MR) is 60.1 cm³/mol. The molecule has 0 aromatic rings. The summed E-state index contributed by atoms with van der Waals surface area (Å²) in [5, 5.41) is 25.9. The minimum absolute atomic E-state index is 0.0446. The number of unbranched alkanes of at least 4 members (excludes halogenated alkanes) is 1. The van der Waals surface area contributed by atoms with Crippen molar-refractivity contribution in [1.82, 2.24) is 0 Å². The van der Waals surface area contributed by atoms with E-state index in [4.69, 9.17) is 10.5 Å². The highest BCUT2D eigenvalue weighted by Crippen LogP contribution is 2.26. The third-order valence-electron chi connectivity index (χ3n) is 2.62. The Labute approximate surface area is 109 Å². The Morgan fingerprint density at radius 3 is 2.58 bits per heavy atom. The molecule has 0 aliphatic heterocycles. The number of hydrogen-bond acceptors (Lipinski definition) is 7. The number of aliphatic carboxylic acids is 1. The van der Waals surface area contributed by atoms with Crippen LogP contribution in [0.15, 0.2) is 4.99 Å². The second kappa shape index (κ2) is 8.51. The molecule has 0 spiro atoms. The van der Waals surface area contributed by atoms with Gasteiger partial charge in [-0.15, -0.1) is 0 Å². The number of isocyanates is 1. The molecule has 8 heteroatoms. The number of carbonyl (C=O) groups is 1. The number of hydrogen-bond donors (Lipinski definition) is 1. The summed E-state index contributed by atoms with van der Waals surface area (Å²) in [5.41, 5.74) is -1.90. The van der Waals surface area contributed by atoms with Crippen LogP contribution in [-0.4, -0.2) is 35.4 Å². The van der Waals surface area contributed by atoms with Crippen molar-refractivity contribution in [2.75, 3.05) is 6.61 Å². The summed E-state index contributed by atoms with van der Waals surface area (Å²) in [5.74, 6) is -1.39. The Morgan fingerprint density at radius 1 is 1.42 bits per heavy atom. The van der Waals surface area contributed by atoms with E-state index in [9.17, 15) is 14.7 Å². The number of carboxylic acid groups (broad SMARTS) is 1. The van der Waals surface area contributed by atoms with E-state index in [-0.39, 0.29) is 13.0 Å².